The molecule has 1 aliphatic heterocycles. The molecule has 0 aliphatic carbocycles. The minimum absolute atomic E-state index is 0.0629. The van der Waals surface area contributed by atoms with Gasteiger partial charge in [-0.3, -0.25) is 19.6 Å². The summed E-state index contributed by atoms with van der Waals surface area (Å²) in [5.74, 6) is -0.820. The quantitative estimate of drug-likeness (QED) is 0.204. The third-order valence-electron chi connectivity index (χ3n) is 7.03. The molecule has 0 bridgehead atoms. The van der Waals surface area contributed by atoms with Crippen molar-refractivity contribution in [2.75, 3.05) is 13.7 Å². The van der Waals surface area contributed by atoms with Crippen LogP contribution >= 0.6 is 0 Å². The lowest BCUT2D eigenvalue weighted by molar-refractivity contribution is 0.0991. The average Bonchev–Trinajstić information content (AvgIpc) is 3.54. The summed E-state index contributed by atoms with van der Waals surface area (Å²) in [6.07, 6.45) is 7.83. The van der Waals surface area contributed by atoms with Crippen LogP contribution in [0.2, 0.25) is 0 Å². The maximum atomic E-state index is 15.2. The Labute approximate surface area is 244 Å². The Bertz CT molecular complexity index is 2020. The number of ether oxygens (including phenoxy) is 2. The van der Waals surface area contributed by atoms with Crippen LogP contribution in [-0.2, 0) is 6.42 Å². The summed E-state index contributed by atoms with van der Waals surface area (Å²) < 4.78 is 41.6. The summed E-state index contributed by atoms with van der Waals surface area (Å²) in [7, 11) is 1.54. The Morgan fingerprint density at radius 3 is 2.53 bits per heavy atom. The minimum atomic E-state index is -0.690. The van der Waals surface area contributed by atoms with Gasteiger partial charge in [-0.05, 0) is 48.4 Å². The van der Waals surface area contributed by atoms with E-state index in [9.17, 15) is 14.0 Å². The summed E-state index contributed by atoms with van der Waals surface area (Å²) >= 11 is 0. The van der Waals surface area contributed by atoms with Crippen LogP contribution in [0.3, 0.4) is 0 Å². The third kappa shape index (κ3) is 5.54. The number of Topliss-reactive ketones (excluding diaryl/α,β-unsaturated/α-hetero) is 1. The molecule has 5 aromatic rings. The van der Waals surface area contributed by atoms with E-state index in [2.05, 4.69) is 15.0 Å². The highest BCUT2D eigenvalue weighted by molar-refractivity contribution is 6.05. The second-order valence-electron chi connectivity index (χ2n) is 9.87. The summed E-state index contributed by atoms with van der Waals surface area (Å²) in [6.45, 7) is 2.26. The molecule has 0 amide bonds. The van der Waals surface area contributed by atoms with Crippen molar-refractivity contribution in [1.82, 2.24) is 14.5 Å². The van der Waals surface area contributed by atoms with E-state index in [1.165, 1.54) is 55.9 Å². The molecule has 0 fully saturated rings. The molecule has 10 heteroatoms. The lowest BCUT2D eigenvalue weighted by Gasteiger charge is -2.13. The first-order valence-corrected chi connectivity index (χ1v) is 13.3. The number of ketones is 1. The average molecular weight is 579 g/mol. The van der Waals surface area contributed by atoms with Gasteiger partial charge in [0.25, 0.3) is 0 Å². The van der Waals surface area contributed by atoms with E-state index in [0.29, 0.717) is 51.6 Å². The molecule has 0 atom stereocenters. The van der Waals surface area contributed by atoms with E-state index in [-0.39, 0.29) is 23.3 Å². The number of pyridine rings is 3. The van der Waals surface area contributed by atoms with Crippen molar-refractivity contribution in [3.63, 3.8) is 0 Å². The van der Waals surface area contributed by atoms with Crippen LogP contribution in [0.25, 0.3) is 27.9 Å². The molecule has 8 nitrogen and oxygen atoms in total. The Morgan fingerprint density at radius 1 is 1.00 bits per heavy atom. The van der Waals surface area contributed by atoms with Crippen molar-refractivity contribution < 1.29 is 23.0 Å². The van der Waals surface area contributed by atoms with Gasteiger partial charge < -0.3 is 14.0 Å². The molecule has 3 aromatic heterocycles. The van der Waals surface area contributed by atoms with Crippen LogP contribution < -0.4 is 14.9 Å². The summed E-state index contributed by atoms with van der Waals surface area (Å²) in [5, 5.41) is 0. The molecule has 0 saturated carbocycles. The molecule has 6 rings (SSSR count). The van der Waals surface area contributed by atoms with E-state index >= 15 is 4.39 Å². The molecule has 43 heavy (non-hydrogen) atoms. The lowest BCUT2D eigenvalue weighted by atomic mass is 9.99. The summed E-state index contributed by atoms with van der Waals surface area (Å²) in [4.78, 5) is 39.9. The monoisotopic (exact) mass is 578 g/mol. The molecule has 4 heterocycles. The van der Waals surface area contributed by atoms with E-state index in [4.69, 9.17) is 9.47 Å². The van der Waals surface area contributed by atoms with Gasteiger partial charge in [0, 0.05) is 48.9 Å². The Morgan fingerprint density at radius 2 is 1.81 bits per heavy atom. The summed E-state index contributed by atoms with van der Waals surface area (Å²) in [6, 6.07) is 13.0. The molecule has 0 saturated heterocycles. The number of allylic oxidation sites excluding steroid dienone is 1. The smallest absolute Gasteiger partial charge is 0.200 e. The topological polar surface area (TPSA) is 95.7 Å². The summed E-state index contributed by atoms with van der Waals surface area (Å²) in [5.41, 5.74) is 2.75. The number of aliphatic imine (C=N–C) groups is 1. The molecule has 214 valence electrons. The maximum Gasteiger partial charge on any atom is 0.200 e. The fourth-order valence-corrected chi connectivity index (χ4v) is 4.82. The van der Waals surface area contributed by atoms with Gasteiger partial charge in [-0.2, -0.15) is 0 Å². The van der Waals surface area contributed by atoms with Crippen LogP contribution in [0, 0.1) is 18.6 Å². The van der Waals surface area contributed by atoms with Crippen LogP contribution in [0.1, 0.15) is 21.6 Å². The van der Waals surface area contributed by atoms with Gasteiger partial charge in [-0.1, -0.05) is 18.2 Å². The number of rotatable bonds is 8. The number of hydrogen-bond acceptors (Lipinski definition) is 7. The number of carbonyl (C=O) groups is 1. The fourth-order valence-electron chi connectivity index (χ4n) is 4.82. The number of benzene rings is 2. The second kappa shape index (κ2) is 11.4. The Balaban J connectivity index is 1.29. The molecule has 1 aliphatic rings. The number of halogens is 2. The van der Waals surface area contributed by atoms with E-state index in [1.807, 2.05) is 6.08 Å². The van der Waals surface area contributed by atoms with Gasteiger partial charge in [0.1, 0.15) is 17.1 Å². The number of fused-ring (bicyclic) bond motifs is 1. The normalized spacial score (nSPS) is 12.4. The highest BCUT2D eigenvalue weighted by Crippen LogP contribution is 2.32. The molecule has 2 aromatic carbocycles. The highest BCUT2D eigenvalue weighted by Gasteiger charge is 2.19. The molecular weight excluding hydrogens is 554 g/mol. The van der Waals surface area contributed by atoms with Crippen molar-refractivity contribution >= 4 is 28.7 Å². The lowest BCUT2D eigenvalue weighted by Crippen LogP contribution is -2.21. The van der Waals surface area contributed by atoms with E-state index < -0.39 is 22.8 Å². The number of hydrogen-bond donors (Lipinski definition) is 0. The number of aromatic nitrogens is 3. The number of carbonyl (C=O) groups excluding carboxylic acids is 1. The van der Waals surface area contributed by atoms with Crippen LogP contribution in [0.4, 0.5) is 8.78 Å². The van der Waals surface area contributed by atoms with Crippen molar-refractivity contribution in [3.05, 3.63) is 118 Å². The first-order valence-electron chi connectivity index (χ1n) is 13.3. The molecule has 0 spiro atoms. The molecule has 0 radical (unpaired) electrons. The fraction of sp³-hybridized carbons (Fsp3) is 0.121. The third-order valence-corrected chi connectivity index (χ3v) is 7.03. The Kier molecular flexibility index (Phi) is 7.33. The standard InChI is InChI=1S/C33H24F2N4O4/c1-19-31(42-2)15-27-32(38-19)30(10-12-37-27)43-29-8-3-20(13-26(29)35)14-28(40)25-18-39(23-9-11-36-16-23)17-24(33(25)41)21-4-6-22(34)7-5-21/h3-10,12-13,15-18H,11,14H2,1-2H3. The van der Waals surface area contributed by atoms with Crippen molar-refractivity contribution in [1.29, 1.82) is 0 Å². The molecule has 0 N–H and O–H groups in total. The van der Waals surface area contributed by atoms with Crippen LogP contribution in [0.5, 0.6) is 17.2 Å². The van der Waals surface area contributed by atoms with Crippen molar-refractivity contribution in [2.45, 2.75) is 13.3 Å². The molecular formula is C33H24F2N4O4. The van der Waals surface area contributed by atoms with Crippen LogP contribution in [-0.4, -0.2) is 40.2 Å². The maximum absolute atomic E-state index is 15.2. The number of methoxy groups -OCH3 is 1. The predicted molar refractivity (Wildman–Crippen MR) is 159 cm³/mol. The van der Waals surface area contributed by atoms with Crippen molar-refractivity contribution in [2.24, 2.45) is 4.99 Å². The van der Waals surface area contributed by atoms with Gasteiger partial charge in [0.15, 0.2) is 28.5 Å². The Hall–Kier alpha value is -5.51. The van der Waals surface area contributed by atoms with Gasteiger partial charge in [0.2, 0.25) is 0 Å². The largest absolute Gasteiger partial charge is 0.495 e. The molecule has 0 unspecified atom stereocenters. The zero-order chi connectivity index (χ0) is 30.1. The minimum Gasteiger partial charge on any atom is -0.495 e. The first kappa shape index (κ1) is 27.6. The number of nitrogens with zero attached hydrogens (tertiary/aromatic N) is 4. The van der Waals surface area contributed by atoms with E-state index in [0.717, 1.165) is 0 Å². The van der Waals surface area contributed by atoms with Gasteiger partial charge in [-0.15, -0.1) is 0 Å². The zero-order valence-electron chi connectivity index (χ0n) is 23.2. The van der Waals surface area contributed by atoms with Gasteiger partial charge >= 0.3 is 0 Å². The van der Waals surface area contributed by atoms with E-state index in [1.54, 1.807) is 42.1 Å². The zero-order valence-corrected chi connectivity index (χ0v) is 23.2. The van der Waals surface area contributed by atoms with Gasteiger partial charge in [-0.25, -0.2) is 13.8 Å². The van der Waals surface area contributed by atoms with Crippen LogP contribution in [0.15, 0.2) is 89.1 Å². The first-order chi connectivity index (χ1) is 20.8. The highest BCUT2D eigenvalue weighted by atomic mass is 19.1. The SMILES string of the molecule is COc1cc2nccc(Oc3ccc(CC(=O)c4cn(C5=CCN=C5)cc(-c5ccc(F)cc5)c4=O)cc3F)c2nc1C. The van der Waals surface area contributed by atoms with Gasteiger partial charge in [0.05, 0.1) is 36.1 Å². The van der Waals surface area contributed by atoms with Crippen molar-refractivity contribution in [3.8, 4) is 28.4 Å². The number of aryl methyl sites for hydroxylation is 1. The predicted octanol–water partition coefficient (Wildman–Crippen LogP) is 6.20. The second-order valence-corrected chi connectivity index (χ2v) is 9.87.